The third kappa shape index (κ3) is 6.83. The largest absolute Gasteiger partial charge is 0.490 e. The molecular weight excluding hydrogens is 572 g/mol. The van der Waals surface area contributed by atoms with Crippen LogP contribution in [0.1, 0.15) is 83.8 Å². The molecule has 0 saturated heterocycles. The fourth-order valence-corrected chi connectivity index (χ4v) is 6.98. The van der Waals surface area contributed by atoms with Gasteiger partial charge in [0.2, 0.25) is 0 Å². The number of allylic oxidation sites excluding steroid dienone is 4. The number of benzene rings is 2. The number of methoxy groups -OCH3 is 1. The summed E-state index contributed by atoms with van der Waals surface area (Å²) in [6, 6.07) is 11.9. The van der Waals surface area contributed by atoms with Crippen LogP contribution in [0.4, 0.5) is 5.69 Å². The summed E-state index contributed by atoms with van der Waals surface area (Å²) in [5, 5.41) is 11.0. The first-order chi connectivity index (χ1) is 21.3. The topological polar surface area (TPSA) is 108 Å². The van der Waals surface area contributed by atoms with Crippen LogP contribution in [0.2, 0.25) is 0 Å². The van der Waals surface area contributed by atoms with E-state index in [9.17, 15) is 19.7 Å². The summed E-state index contributed by atoms with van der Waals surface area (Å²) >= 11 is 0. The summed E-state index contributed by atoms with van der Waals surface area (Å²) in [6.07, 6.45) is 3.12. The smallest absolute Gasteiger partial charge is 0.269 e. The molecule has 2 aliphatic carbocycles. The van der Waals surface area contributed by atoms with Gasteiger partial charge in [0.15, 0.2) is 23.1 Å². The standard InChI is InChI=1S/C36H44N2O7/c1-7-44-31-17-24(11-14-30(31)45-22-23-9-12-25(13-10-23)38(41)42)32-33-26(18-35(2,3)20-28(33)39)37(15-8-16-43-6)27-19-36(4,5)21-29(40)34(27)32/h9-14,17,32H,7-8,15-16,18-22H2,1-6H3. The van der Waals surface area contributed by atoms with Crippen LogP contribution in [0.15, 0.2) is 65.0 Å². The van der Waals surface area contributed by atoms with Gasteiger partial charge in [-0.25, -0.2) is 0 Å². The van der Waals surface area contributed by atoms with Gasteiger partial charge in [-0.05, 0) is 72.4 Å². The number of hydrogen-bond donors (Lipinski definition) is 0. The van der Waals surface area contributed by atoms with Gasteiger partial charge in [0, 0.05) is 73.7 Å². The number of rotatable bonds is 11. The van der Waals surface area contributed by atoms with Gasteiger partial charge in [0.25, 0.3) is 5.69 Å². The molecule has 9 heteroatoms. The molecule has 0 spiro atoms. The van der Waals surface area contributed by atoms with Crippen LogP contribution in [0.3, 0.4) is 0 Å². The van der Waals surface area contributed by atoms with E-state index in [1.807, 2.05) is 25.1 Å². The van der Waals surface area contributed by atoms with Crippen molar-refractivity contribution < 1.29 is 28.7 Å². The van der Waals surface area contributed by atoms with Gasteiger partial charge in [-0.15, -0.1) is 0 Å². The molecule has 0 atom stereocenters. The molecule has 1 heterocycles. The van der Waals surface area contributed by atoms with E-state index < -0.39 is 10.8 Å². The predicted octanol–water partition coefficient (Wildman–Crippen LogP) is 7.29. The highest BCUT2D eigenvalue weighted by molar-refractivity contribution is 6.06. The lowest BCUT2D eigenvalue weighted by Gasteiger charge is -2.49. The summed E-state index contributed by atoms with van der Waals surface area (Å²) in [5.74, 6) is 0.735. The Morgan fingerprint density at radius 1 is 0.867 bits per heavy atom. The van der Waals surface area contributed by atoms with E-state index in [1.165, 1.54) is 12.1 Å². The highest BCUT2D eigenvalue weighted by atomic mass is 16.6. The van der Waals surface area contributed by atoms with Crippen molar-refractivity contribution in [2.75, 3.05) is 26.9 Å². The third-order valence-corrected chi connectivity index (χ3v) is 8.89. The van der Waals surface area contributed by atoms with Crippen molar-refractivity contribution in [1.29, 1.82) is 0 Å². The van der Waals surface area contributed by atoms with Crippen molar-refractivity contribution in [2.24, 2.45) is 10.8 Å². The number of nitrogens with zero attached hydrogens (tertiary/aromatic N) is 2. The number of hydrogen-bond acceptors (Lipinski definition) is 8. The maximum Gasteiger partial charge on any atom is 0.269 e. The zero-order valence-corrected chi connectivity index (χ0v) is 27.2. The number of Topliss-reactive ketones (excluding diaryl/α,β-unsaturated/α-hetero) is 2. The van der Waals surface area contributed by atoms with Crippen LogP contribution < -0.4 is 9.47 Å². The Hall–Kier alpha value is -3.98. The van der Waals surface area contributed by atoms with Gasteiger partial charge in [0.1, 0.15) is 6.61 Å². The zero-order valence-electron chi connectivity index (χ0n) is 27.2. The highest BCUT2D eigenvalue weighted by Crippen LogP contribution is 2.55. The third-order valence-electron chi connectivity index (χ3n) is 8.89. The van der Waals surface area contributed by atoms with E-state index in [0.29, 0.717) is 44.1 Å². The number of nitro benzene ring substituents is 1. The minimum atomic E-state index is -0.483. The zero-order chi connectivity index (χ0) is 32.5. The van der Waals surface area contributed by atoms with Crippen LogP contribution in [0.25, 0.3) is 0 Å². The Labute approximate surface area is 265 Å². The molecule has 0 saturated carbocycles. The maximum absolute atomic E-state index is 14.1. The first kappa shape index (κ1) is 32.4. The van der Waals surface area contributed by atoms with Crippen LogP contribution in [0, 0.1) is 20.9 Å². The molecular formula is C36H44N2O7. The highest BCUT2D eigenvalue weighted by Gasteiger charge is 2.49. The number of nitro groups is 1. The van der Waals surface area contributed by atoms with Gasteiger partial charge in [0.05, 0.1) is 11.5 Å². The molecule has 2 aromatic rings. The summed E-state index contributed by atoms with van der Waals surface area (Å²) in [7, 11) is 1.69. The van der Waals surface area contributed by atoms with Crippen molar-refractivity contribution >= 4 is 17.3 Å². The molecule has 0 fully saturated rings. The van der Waals surface area contributed by atoms with Crippen LogP contribution >= 0.6 is 0 Å². The van der Waals surface area contributed by atoms with Crippen molar-refractivity contribution in [3.63, 3.8) is 0 Å². The Balaban J connectivity index is 1.58. The monoisotopic (exact) mass is 616 g/mol. The fourth-order valence-electron chi connectivity index (χ4n) is 6.98. The van der Waals surface area contributed by atoms with Gasteiger partial charge >= 0.3 is 0 Å². The number of non-ortho nitro benzene ring substituents is 1. The van der Waals surface area contributed by atoms with Crippen LogP contribution in [-0.4, -0.2) is 48.3 Å². The molecule has 240 valence electrons. The Morgan fingerprint density at radius 2 is 1.47 bits per heavy atom. The lowest BCUT2D eigenvalue weighted by atomic mass is 9.63. The molecule has 0 N–H and O–H groups in total. The number of ether oxygens (including phenoxy) is 3. The second kappa shape index (κ2) is 12.8. The van der Waals surface area contributed by atoms with E-state index in [-0.39, 0.29) is 34.7 Å². The van der Waals surface area contributed by atoms with Gasteiger partial charge in [-0.2, -0.15) is 0 Å². The van der Waals surface area contributed by atoms with E-state index in [1.54, 1.807) is 19.2 Å². The Kier molecular flexibility index (Phi) is 9.21. The summed E-state index contributed by atoms with van der Waals surface area (Å²) in [6.45, 7) is 12.3. The average molecular weight is 617 g/mol. The molecule has 1 aliphatic heterocycles. The van der Waals surface area contributed by atoms with Crippen molar-refractivity contribution in [3.8, 4) is 11.5 Å². The molecule has 5 rings (SSSR count). The van der Waals surface area contributed by atoms with Crippen molar-refractivity contribution in [3.05, 3.63) is 86.2 Å². The number of carbonyl (C=O) groups is 2. The SMILES string of the molecule is CCOc1cc(C2C3=C(CC(C)(C)CC3=O)N(CCCOC)C3=C2C(=O)CC(C)(C)C3)ccc1OCc1ccc([N+](=O)[O-])cc1. The first-order valence-electron chi connectivity index (χ1n) is 15.8. The minimum absolute atomic E-state index is 0.0199. The lowest BCUT2D eigenvalue weighted by Crippen LogP contribution is -2.44. The normalized spacial score (nSPS) is 19.4. The van der Waals surface area contributed by atoms with E-state index in [0.717, 1.165) is 52.9 Å². The lowest BCUT2D eigenvalue weighted by molar-refractivity contribution is -0.384. The quantitative estimate of drug-likeness (QED) is 0.147. The minimum Gasteiger partial charge on any atom is -0.490 e. The number of ketones is 2. The van der Waals surface area contributed by atoms with E-state index in [4.69, 9.17) is 14.2 Å². The Morgan fingerprint density at radius 3 is 2.00 bits per heavy atom. The van der Waals surface area contributed by atoms with Crippen molar-refractivity contribution in [2.45, 2.75) is 79.2 Å². The molecule has 3 aliphatic rings. The summed E-state index contributed by atoms with van der Waals surface area (Å²) in [5.41, 5.74) is 4.74. The molecule has 0 aromatic heterocycles. The molecule has 0 unspecified atom stereocenters. The fraction of sp³-hybridized carbons (Fsp3) is 0.500. The molecule has 0 amide bonds. The summed E-state index contributed by atoms with van der Waals surface area (Å²) < 4.78 is 17.6. The van der Waals surface area contributed by atoms with E-state index >= 15 is 0 Å². The summed E-state index contributed by atoms with van der Waals surface area (Å²) in [4.78, 5) is 41.0. The number of carbonyl (C=O) groups excluding carboxylic acids is 2. The maximum atomic E-state index is 14.1. The first-order valence-corrected chi connectivity index (χ1v) is 15.8. The van der Waals surface area contributed by atoms with Gasteiger partial charge in [-0.1, -0.05) is 33.8 Å². The van der Waals surface area contributed by atoms with Crippen LogP contribution in [-0.2, 0) is 20.9 Å². The Bertz CT molecular complexity index is 1500. The molecule has 45 heavy (non-hydrogen) atoms. The molecule has 0 radical (unpaired) electrons. The van der Waals surface area contributed by atoms with E-state index in [2.05, 4.69) is 32.6 Å². The second-order valence-electron chi connectivity index (χ2n) is 13.9. The van der Waals surface area contributed by atoms with Gasteiger partial charge in [-0.3, -0.25) is 19.7 Å². The molecule has 2 aromatic carbocycles. The molecule has 9 nitrogen and oxygen atoms in total. The average Bonchev–Trinajstić information content (AvgIpc) is 2.96. The van der Waals surface area contributed by atoms with Crippen molar-refractivity contribution in [1.82, 2.24) is 4.90 Å². The van der Waals surface area contributed by atoms with Gasteiger partial charge < -0.3 is 19.1 Å². The molecule has 0 bridgehead atoms. The van der Waals surface area contributed by atoms with Crippen LogP contribution in [0.5, 0.6) is 11.5 Å². The predicted molar refractivity (Wildman–Crippen MR) is 171 cm³/mol. The second-order valence-corrected chi connectivity index (χ2v) is 13.9.